The topological polar surface area (TPSA) is 25.3 Å². The third kappa shape index (κ3) is 20.2. The van der Waals surface area contributed by atoms with Crippen molar-refractivity contribution in [3.05, 3.63) is 88.5 Å². The zero-order valence-corrected chi connectivity index (χ0v) is 34.1. The van der Waals surface area contributed by atoms with Crippen LogP contribution < -0.4 is 0 Å². The number of benzene rings is 2. The molecule has 0 radical (unpaired) electrons. The SMILES string of the molecule is CCCCCCCC[CH2][Ni][CH2]CCCCCCCC.CCCCCCCCc1ccc(C2=CC=C(c3cccc(CCCCC)c3)[N+]2=[N-])cc1. The molecule has 2 aromatic rings. The van der Waals surface area contributed by atoms with Gasteiger partial charge in [0.2, 0.25) is 11.4 Å². The van der Waals surface area contributed by atoms with E-state index in [1.165, 1.54) is 174 Å². The summed E-state index contributed by atoms with van der Waals surface area (Å²) < 4.78 is 1.34. The molecule has 3 rings (SSSR count). The fourth-order valence-electron chi connectivity index (χ4n) is 6.59. The first-order valence-corrected chi connectivity index (χ1v) is 22.6. The maximum atomic E-state index is 10.9. The first-order chi connectivity index (χ1) is 24.6. The molecule has 0 unspecified atom stereocenters. The second-order valence-corrected chi connectivity index (χ2v) is 16.0. The van der Waals surface area contributed by atoms with E-state index >= 15 is 0 Å². The van der Waals surface area contributed by atoms with Gasteiger partial charge in [-0.2, -0.15) is 0 Å². The van der Waals surface area contributed by atoms with Crippen LogP contribution in [0.3, 0.4) is 0 Å². The van der Waals surface area contributed by atoms with E-state index in [4.69, 9.17) is 0 Å². The molecule has 0 saturated carbocycles. The van der Waals surface area contributed by atoms with Crippen LogP contribution in [0.25, 0.3) is 16.9 Å². The third-order valence-corrected chi connectivity index (χ3v) is 11.3. The van der Waals surface area contributed by atoms with E-state index in [9.17, 15) is 5.53 Å². The summed E-state index contributed by atoms with van der Waals surface area (Å²) in [5.41, 5.74) is 17.4. The van der Waals surface area contributed by atoms with Gasteiger partial charge in [0.1, 0.15) is 0 Å². The smallest absolute Gasteiger partial charge is 0.207 e. The molecule has 0 atom stereocenters. The second-order valence-electron chi connectivity index (χ2n) is 14.5. The van der Waals surface area contributed by atoms with Crippen molar-refractivity contribution in [3.63, 3.8) is 0 Å². The number of hydrogen-bond acceptors (Lipinski definition) is 0. The van der Waals surface area contributed by atoms with Gasteiger partial charge >= 0.3 is 129 Å². The summed E-state index contributed by atoms with van der Waals surface area (Å²) in [5, 5.41) is 2.85. The molecule has 0 aliphatic carbocycles. The minimum Gasteiger partial charge on any atom is -0.493 e. The zero-order chi connectivity index (χ0) is 35.9. The molecular formula is C47H76N2Ni. The van der Waals surface area contributed by atoms with Crippen LogP contribution in [0.4, 0.5) is 0 Å². The molecule has 0 bridgehead atoms. The normalized spacial score (nSPS) is 12.6. The van der Waals surface area contributed by atoms with E-state index in [2.05, 4.69) is 76.2 Å². The molecule has 284 valence electrons. The van der Waals surface area contributed by atoms with Gasteiger partial charge in [0.05, 0.1) is 0 Å². The van der Waals surface area contributed by atoms with Crippen molar-refractivity contribution in [2.75, 3.05) is 0 Å². The van der Waals surface area contributed by atoms with Crippen LogP contribution in [0, 0.1) is 0 Å². The van der Waals surface area contributed by atoms with Crippen molar-refractivity contribution in [2.24, 2.45) is 0 Å². The number of unbranched alkanes of at least 4 members (excludes halogenated alkanes) is 19. The van der Waals surface area contributed by atoms with Crippen molar-refractivity contribution in [1.82, 2.24) is 0 Å². The predicted octanol–water partition coefficient (Wildman–Crippen LogP) is 16.2. The fraction of sp³-hybridized carbons (Fsp3) is 0.660. The molecule has 2 nitrogen and oxygen atoms in total. The molecule has 1 aliphatic rings. The Bertz CT molecular complexity index is 1160. The Kier molecular flexibility index (Phi) is 27.1. The maximum absolute atomic E-state index is 10.9. The van der Waals surface area contributed by atoms with Crippen molar-refractivity contribution in [3.8, 4) is 0 Å². The molecule has 3 heteroatoms. The number of nitrogens with zero attached hydrogens (tertiary/aromatic N) is 2. The molecule has 1 aliphatic heterocycles. The van der Waals surface area contributed by atoms with Crippen LogP contribution in [0.15, 0.2) is 60.7 Å². The largest absolute Gasteiger partial charge is 0.493 e. The Labute approximate surface area is 316 Å². The van der Waals surface area contributed by atoms with Gasteiger partial charge in [-0.3, -0.25) is 0 Å². The summed E-state index contributed by atoms with van der Waals surface area (Å²) in [6, 6.07) is 17.3. The van der Waals surface area contributed by atoms with Gasteiger partial charge in [-0.15, -0.1) is 0 Å². The van der Waals surface area contributed by atoms with Crippen LogP contribution in [0.1, 0.15) is 198 Å². The number of allylic oxidation sites excluding steroid dienone is 2. The number of aryl methyl sites for hydroxylation is 2. The standard InChI is InChI=1S/C29H38N2.2C9H19.Ni/c1-3-5-7-8-9-11-13-24-17-19-26(20-18-24)28-21-22-29(31(28)30)27-16-12-15-25(23-27)14-10-6-4-2;2*1-3-5-7-9-8-6-4-2;/h12,15-23H,3-11,13-14H2,1-2H3;2*1,3-9H2,2H3;. The predicted molar refractivity (Wildman–Crippen MR) is 218 cm³/mol. The van der Waals surface area contributed by atoms with Crippen molar-refractivity contribution in [2.45, 2.75) is 199 Å². The van der Waals surface area contributed by atoms with Gasteiger partial charge in [-0.05, 0) is 61.1 Å². The first-order valence-electron chi connectivity index (χ1n) is 21.2. The molecule has 0 fully saturated rings. The number of rotatable bonds is 29. The van der Waals surface area contributed by atoms with Gasteiger partial charge < -0.3 is 5.53 Å². The van der Waals surface area contributed by atoms with Crippen LogP contribution >= 0.6 is 0 Å². The quantitative estimate of drug-likeness (QED) is 0.0453. The van der Waals surface area contributed by atoms with E-state index in [-0.39, 0.29) is 0 Å². The van der Waals surface area contributed by atoms with Gasteiger partial charge in [0.25, 0.3) is 0 Å². The van der Waals surface area contributed by atoms with E-state index in [1.807, 2.05) is 26.6 Å². The van der Waals surface area contributed by atoms with E-state index in [1.54, 1.807) is 0 Å². The molecule has 0 saturated heterocycles. The van der Waals surface area contributed by atoms with Gasteiger partial charge in [0.15, 0.2) is 0 Å². The van der Waals surface area contributed by atoms with E-state index < -0.39 is 0 Å². The fourth-order valence-corrected chi connectivity index (χ4v) is 7.83. The minimum atomic E-state index is 0.845. The maximum Gasteiger partial charge on any atom is 0.207 e. The van der Waals surface area contributed by atoms with E-state index in [0.717, 1.165) is 35.4 Å². The van der Waals surface area contributed by atoms with Crippen LogP contribution in [0.2, 0.25) is 10.8 Å². The summed E-state index contributed by atoms with van der Waals surface area (Å²) in [6.07, 6.45) is 38.3. The third-order valence-electron chi connectivity index (χ3n) is 9.87. The molecule has 1 heterocycles. The second kappa shape index (κ2) is 30.6. The van der Waals surface area contributed by atoms with E-state index in [0.29, 0.717) is 0 Å². The Morgan fingerprint density at radius 3 is 1.40 bits per heavy atom. The summed E-state index contributed by atoms with van der Waals surface area (Å²) in [4.78, 5) is 0. The number of hydrogen-bond donors (Lipinski definition) is 0. The zero-order valence-electron chi connectivity index (χ0n) is 33.1. The Morgan fingerprint density at radius 2 is 0.860 bits per heavy atom. The van der Waals surface area contributed by atoms with Crippen LogP contribution in [-0.2, 0) is 27.3 Å². The molecular weight excluding hydrogens is 651 g/mol. The molecule has 2 aromatic carbocycles. The summed E-state index contributed by atoms with van der Waals surface area (Å²) in [7, 11) is 0. The van der Waals surface area contributed by atoms with Crippen molar-refractivity contribution in [1.29, 1.82) is 0 Å². The monoisotopic (exact) mass is 727 g/mol. The molecule has 50 heavy (non-hydrogen) atoms. The average Bonchev–Trinajstić information content (AvgIpc) is 3.53. The van der Waals surface area contributed by atoms with Crippen LogP contribution in [-0.4, -0.2) is 4.70 Å². The summed E-state index contributed by atoms with van der Waals surface area (Å²) in [6.45, 7) is 9.08. The Hall–Kier alpha value is -1.99. The summed E-state index contributed by atoms with van der Waals surface area (Å²) in [5.74, 6) is 0. The van der Waals surface area contributed by atoms with Gasteiger partial charge in [-0.1, -0.05) is 83.1 Å². The van der Waals surface area contributed by atoms with Gasteiger partial charge in [0, 0.05) is 23.3 Å². The Balaban J connectivity index is 0.000000394. The minimum absolute atomic E-state index is 0.845. The van der Waals surface area contributed by atoms with Crippen molar-refractivity contribution < 1.29 is 19.1 Å². The molecule has 0 aromatic heterocycles. The van der Waals surface area contributed by atoms with Gasteiger partial charge in [-0.25, -0.2) is 4.70 Å². The molecule has 0 amide bonds. The molecule has 0 N–H and O–H groups in total. The molecule has 0 spiro atoms. The van der Waals surface area contributed by atoms with Crippen molar-refractivity contribution >= 4 is 11.4 Å². The van der Waals surface area contributed by atoms with Crippen LogP contribution in [0.5, 0.6) is 0 Å². The average molecular weight is 728 g/mol. The first kappa shape index (κ1) is 44.2. The summed E-state index contributed by atoms with van der Waals surface area (Å²) >= 11 is 2.01. The Morgan fingerprint density at radius 1 is 0.440 bits per heavy atom.